The van der Waals surface area contributed by atoms with Crippen LogP contribution in [0.1, 0.15) is 37.7 Å². The fourth-order valence-electron chi connectivity index (χ4n) is 2.64. The van der Waals surface area contributed by atoms with Gasteiger partial charge in [-0.25, -0.2) is 4.39 Å². The topological polar surface area (TPSA) is 9.23 Å². The molecule has 2 unspecified atom stereocenters. The van der Waals surface area contributed by atoms with Crippen LogP contribution in [-0.4, -0.2) is 6.61 Å². The number of hydrogen-bond donors (Lipinski definition) is 0. The maximum Gasteiger partial charge on any atom is 0.200 e. The fourth-order valence-corrected chi connectivity index (χ4v) is 2.64. The molecule has 0 spiro atoms. The lowest BCUT2D eigenvalue weighted by molar-refractivity contribution is 0.312. The summed E-state index contributed by atoms with van der Waals surface area (Å²) >= 11 is 0. The molecular formula is C15H18F2O. The first-order valence-corrected chi connectivity index (χ1v) is 6.40. The van der Waals surface area contributed by atoms with Crippen LogP contribution in [0.25, 0.3) is 0 Å². The highest BCUT2D eigenvalue weighted by Crippen LogP contribution is 2.40. The van der Waals surface area contributed by atoms with Gasteiger partial charge in [-0.1, -0.05) is 12.1 Å². The number of halogens is 2. The van der Waals surface area contributed by atoms with E-state index in [2.05, 4.69) is 6.58 Å². The molecule has 18 heavy (non-hydrogen) atoms. The summed E-state index contributed by atoms with van der Waals surface area (Å²) in [5.41, 5.74) is 0.473. The number of benzene rings is 1. The molecule has 1 aromatic rings. The number of hydrogen-bond acceptors (Lipinski definition) is 1. The highest BCUT2D eigenvalue weighted by atomic mass is 19.2. The van der Waals surface area contributed by atoms with Crippen LogP contribution >= 0.6 is 0 Å². The molecule has 1 aromatic carbocycles. The zero-order chi connectivity index (χ0) is 13.1. The van der Waals surface area contributed by atoms with E-state index in [1.165, 1.54) is 6.07 Å². The molecule has 0 radical (unpaired) electrons. The summed E-state index contributed by atoms with van der Waals surface area (Å²) < 4.78 is 32.8. The minimum absolute atomic E-state index is 0.00276. The van der Waals surface area contributed by atoms with Crippen LogP contribution in [0.4, 0.5) is 8.78 Å². The second-order valence-corrected chi connectivity index (χ2v) is 4.72. The van der Waals surface area contributed by atoms with Crippen molar-refractivity contribution in [3.8, 4) is 5.75 Å². The van der Waals surface area contributed by atoms with Gasteiger partial charge in [0, 0.05) is 0 Å². The predicted octanol–water partition coefficient (Wildman–Crippen LogP) is 4.43. The molecule has 0 aliphatic heterocycles. The summed E-state index contributed by atoms with van der Waals surface area (Å²) in [6, 6.07) is 3.18. The van der Waals surface area contributed by atoms with Crippen molar-refractivity contribution in [1.29, 1.82) is 0 Å². The Morgan fingerprint density at radius 3 is 2.72 bits per heavy atom. The SMILES string of the molecule is C=CC1CCC(c2ccc(OCC)c(F)c2F)C1. The second-order valence-electron chi connectivity index (χ2n) is 4.72. The van der Waals surface area contributed by atoms with E-state index >= 15 is 0 Å². The van der Waals surface area contributed by atoms with Crippen molar-refractivity contribution in [1.82, 2.24) is 0 Å². The summed E-state index contributed by atoms with van der Waals surface area (Å²) in [7, 11) is 0. The maximum absolute atomic E-state index is 14.0. The van der Waals surface area contributed by atoms with E-state index < -0.39 is 11.6 Å². The van der Waals surface area contributed by atoms with Crippen LogP contribution < -0.4 is 4.74 Å². The molecule has 1 fully saturated rings. The van der Waals surface area contributed by atoms with Crippen molar-refractivity contribution >= 4 is 0 Å². The third-order valence-electron chi connectivity index (χ3n) is 3.62. The fraction of sp³-hybridized carbons (Fsp3) is 0.467. The van der Waals surface area contributed by atoms with Crippen molar-refractivity contribution < 1.29 is 13.5 Å². The van der Waals surface area contributed by atoms with Crippen LogP contribution in [-0.2, 0) is 0 Å². The molecule has 1 saturated carbocycles. The molecule has 0 saturated heterocycles. The van der Waals surface area contributed by atoms with Crippen molar-refractivity contribution in [2.24, 2.45) is 5.92 Å². The van der Waals surface area contributed by atoms with Crippen LogP contribution in [0.15, 0.2) is 24.8 Å². The lowest BCUT2D eigenvalue weighted by Crippen LogP contribution is -2.03. The molecule has 1 aliphatic rings. The standard InChI is InChI=1S/C15H18F2O/c1-3-10-5-6-11(9-10)12-7-8-13(18-4-2)15(17)14(12)16/h3,7-8,10-11H,1,4-6,9H2,2H3. The Morgan fingerprint density at radius 2 is 2.11 bits per heavy atom. The van der Waals surface area contributed by atoms with Gasteiger partial charge in [0.05, 0.1) is 6.61 Å². The van der Waals surface area contributed by atoms with E-state index in [-0.39, 0.29) is 11.7 Å². The Hall–Kier alpha value is -1.38. The third-order valence-corrected chi connectivity index (χ3v) is 3.62. The average Bonchev–Trinajstić information content (AvgIpc) is 2.84. The Labute approximate surface area is 106 Å². The normalized spacial score (nSPS) is 23.1. The van der Waals surface area contributed by atoms with Gasteiger partial charge in [-0.15, -0.1) is 6.58 Å². The van der Waals surface area contributed by atoms with Crippen LogP contribution in [0.3, 0.4) is 0 Å². The number of rotatable bonds is 4. The molecule has 2 rings (SSSR count). The Morgan fingerprint density at radius 1 is 1.33 bits per heavy atom. The lowest BCUT2D eigenvalue weighted by Gasteiger charge is -2.14. The number of ether oxygens (including phenoxy) is 1. The highest BCUT2D eigenvalue weighted by Gasteiger charge is 2.28. The average molecular weight is 252 g/mol. The van der Waals surface area contributed by atoms with Crippen molar-refractivity contribution in [2.75, 3.05) is 6.61 Å². The summed E-state index contributed by atoms with van der Waals surface area (Å²) in [5, 5.41) is 0. The van der Waals surface area contributed by atoms with Gasteiger partial charge < -0.3 is 4.74 Å². The summed E-state index contributed by atoms with van der Waals surface area (Å²) in [4.78, 5) is 0. The summed E-state index contributed by atoms with van der Waals surface area (Å²) in [6.07, 6.45) is 4.65. The smallest absolute Gasteiger partial charge is 0.200 e. The Balaban J connectivity index is 2.24. The Kier molecular flexibility index (Phi) is 4.00. The first-order chi connectivity index (χ1) is 8.67. The van der Waals surface area contributed by atoms with Gasteiger partial charge in [-0.2, -0.15) is 4.39 Å². The lowest BCUT2D eigenvalue weighted by atomic mass is 9.95. The zero-order valence-corrected chi connectivity index (χ0v) is 10.6. The summed E-state index contributed by atoms with van der Waals surface area (Å²) in [6.45, 7) is 5.84. The minimum Gasteiger partial charge on any atom is -0.491 e. The van der Waals surface area contributed by atoms with Gasteiger partial charge in [0.15, 0.2) is 11.6 Å². The highest BCUT2D eigenvalue weighted by molar-refractivity contribution is 5.33. The third kappa shape index (κ3) is 2.40. The van der Waals surface area contributed by atoms with Crippen molar-refractivity contribution in [2.45, 2.75) is 32.1 Å². The van der Waals surface area contributed by atoms with Crippen LogP contribution in [0.2, 0.25) is 0 Å². The van der Waals surface area contributed by atoms with Gasteiger partial charge in [0.1, 0.15) is 0 Å². The van der Waals surface area contributed by atoms with E-state index in [9.17, 15) is 8.78 Å². The monoisotopic (exact) mass is 252 g/mol. The van der Waals surface area contributed by atoms with Gasteiger partial charge in [-0.3, -0.25) is 0 Å². The Bertz CT molecular complexity index is 442. The van der Waals surface area contributed by atoms with E-state index in [1.54, 1.807) is 13.0 Å². The molecule has 1 aliphatic carbocycles. The number of allylic oxidation sites excluding steroid dienone is 1. The molecule has 98 valence electrons. The predicted molar refractivity (Wildman–Crippen MR) is 67.8 cm³/mol. The zero-order valence-electron chi connectivity index (χ0n) is 10.6. The van der Waals surface area contributed by atoms with Gasteiger partial charge in [-0.05, 0) is 49.7 Å². The van der Waals surface area contributed by atoms with E-state index in [4.69, 9.17) is 4.74 Å². The van der Waals surface area contributed by atoms with Gasteiger partial charge >= 0.3 is 0 Å². The molecule has 1 nitrogen and oxygen atoms in total. The molecule has 0 amide bonds. The first kappa shape index (κ1) is 13.1. The van der Waals surface area contributed by atoms with Gasteiger partial charge in [0.25, 0.3) is 0 Å². The van der Waals surface area contributed by atoms with Crippen molar-refractivity contribution in [3.63, 3.8) is 0 Å². The van der Waals surface area contributed by atoms with Crippen molar-refractivity contribution in [3.05, 3.63) is 42.0 Å². The molecule has 2 atom stereocenters. The van der Waals surface area contributed by atoms with E-state index in [1.807, 2.05) is 6.08 Å². The second kappa shape index (κ2) is 5.51. The van der Waals surface area contributed by atoms with E-state index in [0.717, 1.165) is 19.3 Å². The summed E-state index contributed by atoms with van der Waals surface area (Å²) in [5.74, 6) is -1.11. The first-order valence-electron chi connectivity index (χ1n) is 6.40. The van der Waals surface area contributed by atoms with Crippen LogP contribution in [0, 0.1) is 17.6 Å². The minimum atomic E-state index is -0.864. The van der Waals surface area contributed by atoms with E-state index in [0.29, 0.717) is 18.1 Å². The maximum atomic E-state index is 14.0. The molecule has 0 aromatic heterocycles. The largest absolute Gasteiger partial charge is 0.491 e. The molecule has 0 heterocycles. The quantitative estimate of drug-likeness (QED) is 0.720. The van der Waals surface area contributed by atoms with Gasteiger partial charge in [0.2, 0.25) is 5.82 Å². The molecule has 3 heteroatoms. The molecular weight excluding hydrogens is 234 g/mol. The van der Waals surface area contributed by atoms with Crippen LogP contribution in [0.5, 0.6) is 5.75 Å². The molecule has 0 N–H and O–H groups in total. The molecule has 0 bridgehead atoms.